The van der Waals surface area contributed by atoms with Gasteiger partial charge in [0.15, 0.2) is 11.5 Å². The number of rotatable bonds is 9. The summed E-state index contributed by atoms with van der Waals surface area (Å²) in [4.78, 5) is 26.3. The highest BCUT2D eigenvalue weighted by Gasteiger charge is 2.14. The Balaban J connectivity index is 2.22. The van der Waals surface area contributed by atoms with Crippen LogP contribution in [0.2, 0.25) is 0 Å². The molecule has 0 aliphatic heterocycles. The van der Waals surface area contributed by atoms with Gasteiger partial charge in [0, 0.05) is 18.6 Å². The van der Waals surface area contributed by atoms with E-state index >= 15 is 0 Å². The van der Waals surface area contributed by atoms with Gasteiger partial charge in [-0.05, 0) is 12.1 Å². The number of carbonyl (C=O) groups is 1. The van der Waals surface area contributed by atoms with Gasteiger partial charge in [0.1, 0.15) is 12.2 Å². The minimum absolute atomic E-state index is 0.0750. The standard InChI is InChI=1S/C17H21NO7/c1-21-4-5-24-6-7-25-15-9-11-8-12(17(20)23-3)16(19)18-13(11)10-14(15)22-2/h8-10H,4-7H2,1-3H3,(H,18,19). The highest BCUT2D eigenvalue weighted by Crippen LogP contribution is 2.31. The lowest BCUT2D eigenvalue weighted by molar-refractivity contribution is 0.0540. The van der Waals surface area contributed by atoms with E-state index in [1.807, 2.05) is 0 Å². The molecule has 0 saturated heterocycles. The molecule has 2 rings (SSSR count). The van der Waals surface area contributed by atoms with Crippen LogP contribution in [0, 0.1) is 0 Å². The second-order valence-corrected chi connectivity index (χ2v) is 5.05. The maximum atomic E-state index is 12.0. The number of H-pyrrole nitrogens is 1. The summed E-state index contributed by atoms with van der Waals surface area (Å²) >= 11 is 0. The Morgan fingerprint density at radius 3 is 2.44 bits per heavy atom. The number of ether oxygens (including phenoxy) is 5. The first-order chi connectivity index (χ1) is 12.1. The van der Waals surface area contributed by atoms with Crippen molar-refractivity contribution in [1.82, 2.24) is 4.98 Å². The molecule has 0 fully saturated rings. The third kappa shape index (κ3) is 4.71. The van der Waals surface area contributed by atoms with E-state index in [2.05, 4.69) is 9.72 Å². The van der Waals surface area contributed by atoms with Crippen molar-refractivity contribution in [1.29, 1.82) is 0 Å². The largest absolute Gasteiger partial charge is 0.493 e. The summed E-state index contributed by atoms with van der Waals surface area (Å²) in [5, 5.41) is 0.621. The number of aromatic nitrogens is 1. The summed E-state index contributed by atoms with van der Waals surface area (Å²) in [6, 6.07) is 4.78. The average Bonchev–Trinajstić information content (AvgIpc) is 2.62. The highest BCUT2D eigenvalue weighted by molar-refractivity contribution is 5.94. The van der Waals surface area contributed by atoms with Gasteiger partial charge in [-0.15, -0.1) is 0 Å². The third-order valence-corrected chi connectivity index (χ3v) is 3.45. The smallest absolute Gasteiger partial charge is 0.343 e. The Labute approximate surface area is 144 Å². The minimum Gasteiger partial charge on any atom is -0.493 e. The fourth-order valence-corrected chi connectivity index (χ4v) is 2.20. The first-order valence-electron chi connectivity index (χ1n) is 7.63. The van der Waals surface area contributed by atoms with Crippen molar-refractivity contribution in [3.05, 3.63) is 34.1 Å². The van der Waals surface area contributed by atoms with E-state index in [0.29, 0.717) is 48.8 Å². The number of esters is 1. The lowest BCUT2D eigenvalue weighted by atomic mass is 10.1. The molecule has 2 aromatic rings. The van der Waals surface area contributed by atoms with Gasteiger partial charge in [-0.2, -0.15) is 0 Å². The molecule has 8 heteroatoms. The molecule has 0 atom stereocenters. The Morgan fingerprint density at radius 1 is 1.00 bits per heavy atom. The lowest BCUT2D eigenvalue weighted by Gasteiger charge is -2.12. The van der Waals surface area contributed by atoms with Crippen LogP contribution < -0.4 is 15.0 Å². The number of pyridine rings is 1. The predicted octanol–water partition coefficient (Wildman–Crippen LogP) is 1.37. The van der Waals surface area contributed by atoms with Gasteiger partial charge in [0.25, 0.3) is 5.56 Å². The van der Waals surface area contributed by atoms with Crippen molar-refractivity contribution in [3.8, 4) is 11.5 Å². The van der Waals surface area contributed by atoms with Crippen LogP contribution in [0.1, 0.15) is 10.4 Å². The molecule has 1 N–H and O–H groups in total. The van der Waals surface area contributed by atoms with Gasteiger partial charge in [-0.25, -0.2) is 4.79 Å². The Bertz CT molecular complexity index is 784. The number of hydrogen-bond donors (Lipinski definition) is 1. The molecule has 0 radical (unpaired) electrons. The van der Waals surface area contributed by atoms with Gasteiger partial charge in [0.05, 0.1) is 39.6 Å². The van der Waals surface area contributed by atoms with E-state index in [4.69, 9.17) is 18.9 Å². The molecule has 0 spiro atoms. The summed E-state index contributed by atoms with van der Waals surface area (Å²) in [5.74, 6) is 0.243. The molecule has 8 nitrogen and oxygen atoms in total. The number of carbonyl (C=O) groups excluding carboxylic acids is 1. The molecule has 0 saturated carbocycles. The number of hydrogen-bond acceptors (Lipinski definition) is 7. The second-order valence-electron chi connectivity index (χ2n) is 5.05. The van der Waals surface area contributed by atoms with E-state index in [9.17, 15) is 9.59 Å². The Hall–Kier alpha value is -2.58. The molecule has 25 heavy (non-hydrogen) atoms. The summed E-state index contributed by atoms with van der Waals surface area (Å²) in [6.07, 6.45) is 0. The summed E-state index contributed by atoms with van der Waals surface area (Å²) in [6.45, 7) is 1.71. The quantitative estimate of drug-likeness (QED) is 0.538. The van der Waals surface area contributed by atoms with Gasteiger partial charge in [-0.1, -0.05) is 0 Å². The zero-order valence-electron chi connectivity index (χ0n) is 14.4. The van der Waals surface area contributed by atoms with Crippen LogP contribution in [0.3, 0.4) is 0 Å². The normalized spacial score (nSPS) is 10.7. The number of methoxy groups -OCH3 is 3. The molecule has 0 bridgehead atoms. The number of nitrogens with one attached hydrogen (secondary N) is 1. The van der Waals surface area contributed by atoms with Crippen LogP contribution in [-0.4, -0.2) is 58.7 Å². The van der Waals surface area contributed by atoms with Crippen LogP contribution in [0.4, 0.5) is 0 Å². The summed E-state index contributed by atoms with van der Waals surface area (Å²) in [5.41, 5.74) is -0.0752. The van der Waals surface area contributed by atoms with Crippen LogP contribution >= 0.6 is 0 Å². The fraction of sp³-hybridized carbons (Fsp3) is 0.412. The molecule has 0 unspecified atom stereocenters. The van der Waals surface area contributed by atoms with Gasteiger partial charge >= 0.3 is 5.97 Å². The number of aromatic amines is 1. The summed E-state index contributed by atoms with van der Waals surface area (Å²) in [7, 11) is 4.33. The van der Waals surface area contributed by atoms with Crippen molar-refractivity contribution >= 4 is 16.9 Å². The molecular weight excluding hydrogens is 330 g/mol. The predicted molar refractivity (Wildman–Crippen MR) is 90.7 cm³/mol. The monoisotopic (exact) mass is 351 g/mol. The molecule has 0 amide bonds. The molecule has 1 heterocycles. The van der Waals surface area contributed by atoms with Gasteiger partial charge < -0.3 is 28.7 Å². The first-order valence-corrected chi connectivity index (χ1v) is 7.63. The van der Waals surface area contributed by atoms with Crippen molar-refractivity contribution < 1.29 is 28.5 Å². The van der Waals surface area contributed by atoms with Crippen LogP contribution in [0.15, 0.2) is 23.0 Å². The third-order valence-electron chi connectivity index (χ3n) is 3.45. The zero-order valence-corrected chi connectivity index (χ0v) is 14.4. The molecular formula is C17H21NO7. The van der Waals surface area contributed by atoms with Crippen molar-refractivity contribution in [2.75, 3.05) is 47.8 Å². The van der Waals surface area contributed by atoms with E-state index in [1.165, 1.54) is 20.3 Å². The number of fused-ring (bicyclic) bond motifs is 1. The van der Waals surface area contributed by atoms with Crippen LogP contribution in [0.5, 0.6) is 11.5 Å². The Morgan fingerprint density at radius 2 is 1.76 bits per heavy atom. The molecule has 136 valence electrons. The summed E-state index contributed by atoms with van der Waals surface area (Å²) < 4.78 is 25.8. The number of benzene rings is 1. The Kier molecular flexibility index (Phi) is 6.79. The zero-order chi connectivity index (χ0) is 18.2. The van der Waals surface area contributed by atoms with Crippen LogP contribution in [-0.2, 0) is 14.2 Å². The van der Waals surface area contributed by atoms with E-state index < -0.39 is 11.5 Å². The fourth-order valence-electron chi connectivity index (χ4n) is 2.20. The minimum atomic E-state index is -0.701. The van der Waals surface area contributed by atoms with E-state index in [0.717, 1.165) is 0 Å². The van der Waals surface area contributed by atoms with Crippen LogP contribution in [0.25, 0.3) is 10.9 Å². The van der Waals surface area contributed by atoms with Gasteiger partial charge in [0.2, 0.25) is 0 Å². The SMILES string of the molecule is COCCOCCOc1cc2cc(C(=O)OC)c(=O)[nH]c2cc1OC. The van der Waals surface area contributed by atoms with Crippen molar-refractivity contribution in [2.45, 2.75) is 0 Å². The molecule has 0 aliphatic carbocycles. The van der Waals surface area contributed by atoms with Crippen molar-refractivity contribution in [3.63, 3.8) is 0 Å². The molecule has 1 aromatic carbocycles. The first kappa shape index (κ1) is 18.8. The topological polar surface area (TPSA) is 96.1 Å². The van der Waals surface area contributed by atoms with Gasteiger partial charge in [-0.3, -0.25) is 4.79 Å². The average molecular weight is 351 g/mol. The second kappa shape index (κ2) is 9.05. The maximum absolute atomic E-state index is 12.0. The van der Waals surface area contributed by atoms with E-state index in [1.54, 1.807) is 19.2 Å². The van der Waals surface area contributed by atoms with Crippen molar-refractivity contribution in [2.24, 2.45) is 0 Å². The lowest BCUT2D eigenvalue weighted by Crippen LogP contribution is -2.18. The maximum Gasteiger partial charge on any atom is 0.343 e. The van der Waals surface area contributed by atoms with E-state index in [-0.39, 0.29) is 5.56 Å². The molecule has 1 aromatic heterocycles. The molecule has 0 aliphatic rings. The highest BCUT2D eigenvalue weighted by atomic mass is 16.5.